The minimum absolute atomic E-state index is 0.00259. The van der Waals surface area contributed by atoms with Crippen molar-refractivity contribution in [3.05, 3.63) is 47.2 Å². The molecule has 1 aromatic carbocycles. The maximum Gasteiger partial charge on any atom is 0.417 e. The molecule has 2 fully saturated rings. The van der Waals surface area contributed by atoms with Crippen molar-refractivity contribution in [2.75, 3.05) is 23.0 Å². The molecule has 3 heterocycles. The normalized spacial score (nSPS) is 20.2. The first kappa shape index (κ1) is 34.9. The van der Waals surface area contributed by atoms with Crippen molar-refractivity contribution in [2.45, 2.75) is 97.5 Å². The lowest BCUT2D eigenvalue weighted by Gasteiger charge is -2.38. The molecule has 0 bridgehead atoms. The number of halogens is 3. The van der Waals surface area contributed by atoms with E-state index in [2.05, 4.69) is 4.98 Å². The van der Waals surface area contributed by atoms with Crippen molar-refractivity contribution in [1.29, 1.82) is 5.26 Å². The summed E-state index contributed by atoms with van der Waals surface area (Å²) in [5.74, 6) is 0.317. The highest BCUT2D eigenvalue weighted by Crippen LogP contribution is 2.40. The Morgan fingerprint density at radius 2 is 1.89 bits per heavy atom. The molecular formula is C33H40F3N5O4S. The van der Waals surface area contributed by atoms with E-state index >= 15 is 0 Å². The van der Waals surface area contributed by atoms with Gasteiger partial charge in [0.25, 0.3) is 5.91 Å². The van der Waals surface area contributed by atoms with E-state index in [9.17, 15) is 28.0 Å². The smallest absolute Gasteiger partial charge is 0.417 e. The molecule has 1 aromatic heterocycles. The Labute approximate surface area is 273 Å². The number of benzene rings is 1. The van der Waals surface area contributed by atoms with E-state index in [1.54, 1.807) is 35.9 Å². The molecule has 0 saturated carbocycles. The van der Waals surface area contributed by atoms with Crippen LogP contribution in [-0.4, -0.2) is 57.3 Å². The molecule has 2 amide bonds. The summed E-state index contributed by atoms with van der Waals surface area (Å²) in [4.78, 5) is 35.1. The first-order valence-corrected chi connectivity index (χ1v) is 15.7. The molecule has 13 heteroatoms. The highest BCUT2D eigenvalue weighted by atomic mass is 32.1. The third kappa shape index (κ3) is 7.22. The number of thiocarbonyl (C=S) groups is 1. The number of anilines is 2. The zero-order valence-corrected chi connectivity index (χ0v) is 28.0. The van der Waals surface area contributed by atoms with Gasteiger partial charge in [-0.1, -0.05) is 6.92 Å². The summed E-state index contributed by atoms with van der Waals surface area (Å²) >= 11 is 5.66. The Bertz CT molecular complexity index is 1550. The molecular weight excluding hydrogens is 619 g/mol. The van der Waals surface area contributed by atoms with E-state index in [0.717, 1.165) is 41.9 Å². The van der Waals surface area contributed by atoms with Crippen molar-refractivity contribution in [2.24, 2.45) is 5.92 Å². The van der Waals surface area contributed by atoms with Crippen LogP contribution in [0.25, 0.3) is 0 Å². The maximum absolute atomic E-state index is 13.7. The number of hydrogen-bond donors (Lipinski definition) is 0. The van der Waals surface area contributed by atoms with Crippen LogP contribution in [0.1, 0.15) is 84.4 Å². The summed E-state index contributed by atoms with van der Waals surface area (Å²) in [7, 11) is 0. The number of nitrogens with zero attached hydrogens (tertiary/aromatic N) is 5. The minimum atomic E-state index is -4.79. The number of pyridine rings is 1. The van der Waals surface area contributed by atoms with Crippen molar-refractivity contribution >= 4 is 40.7 Å². The van der Waals surface area contributed by atoms with Gasteiger partial charge in [-0.15, -0.1) is 0 Å². The molecule has 2 unspecified atom stereocenters. The van der Waals surface area contributed by atoms with Crippen LogP contribution >= 0.6 is 12.2 Å². The van der Waals surface area contributed by atoms with Gasteiger partial charge >= 0.3 is 12.3 Å². The SMILES string of the molecule is CCc1cc(N2C(=S)N(c3ccc(C#N)c(C(F)(F)F)c3)C(=O)C2(C)C)cnc1OCCC1CCN(C(=O)OC(C)(C)C)C(C)C1. The van der Waals surface area contributed by atoms with E-state index in [1.807, 2.05) is 40.7 Å². The topological polar surface area (TPSA) is 99.0 Å². The number of ether oxygens (including phenoxy) is 2. The summed E-state index contributed by atoms with van der Waals surface area (Å²) in [5, 5.41) is 9.18. The number of hydrogen-bond acceptors (Lipinski definition) is 7. The molecule has 0 aliphatic carbocycles. The molecule has 2 atom stereocenters. The Balaban J connectivity index is 1.46. The number of aromatic nitrogens is 1. The molecule has 4 rings (SSSR count). The Kier molecular flexibility index (Phi) is 9.92. The van der Waals surface area contributed by atoms with Gasteiger partial charge in [0, 0.05) is 18.2 Å². The lowest BCUT2D eigenvalue weighted by Crippen LogP contribution is -2.46. The Morgan fingerprint density at radius 3 is 2.48 bits per heavy atom. The predicted octanol–water partition coefficient (Wildman–Crippen LogP) is 7.26. The van der Waals surface area contributed by atoms with Gasteiger partial charge in [-0.3, -0.25) is 9.69 Å². The summed E-state index contributed by atoms with van der Waals surface area (Å²) in [6, 6.07) is 6.53. The van der Waals surface area contributed by atoms with Crippen LogP contribution in [0.2, 0.25) is 0 Å². The molecule has 0 radical (unpaired) electrons. The van der Waals surface area contributed by atoms with Crippen LogP contribution < -0.4 is 14.5 Å². The van der Waals surface area contributed by atoms with Crippen molar-refractivity contribution < 1.29 is 32.2 Å². The fraction of sp³-hybridized carbons (Fsp3) is 0.545. The van der Waals surface area contributed by atoms with E-state index in [1.165, 1.54) is 6.07 Å². The average Bonchev–Trinajstić information content (AvgIpc) is 3.14. The molecule has 248 valence electrons. The van der Waals surface area contributed by atoms with Gasteiger partial charge < -0.3 is 19.3 Å². The summed E-state index contributed by atoms with van der Waals surface area (Å²) in [5.41, 5.74) is -2.25. The van der Waals surface area contributed by atoms with Crippen molar-refractivity contribution in [1.82, 2.24) is 9.88 Å². The first-order valence-electron chi connectivity index (χ1n) is 15.3. The summed E-state index contributed by atoms with van der Waals surface area (Å²) in [6.45, 7) is 13.9. The molecule has 2 saturated heterocycles. The number of amides is 2. The quantitative estimate of drug-likeness (QED) is 0.287. The van der Waals surface area contributed by atoms with E-state index in [4.69, 9.17) is 21.7 Å². The second kappa shape index (κ2) is 13.1. The van der Waals surface area contributed by atoms with Crippen molar-refractivity contribution in [3.8, 4) is 11.9 Å². The predicted molar refractivity (Wildman–Crippen MR) is 172 cm³/mol. The monoisotopic (exact) mass is 659 g/mol. The van der Waals surface area contributed by atoms with Gasteiger partial charge in [-0.25, -0.2) is 9.78 Å². The third-order valence-electron chi connectivity index (χ3n) is 8.28. The van der Waals surface area contributed by atoms with Gasteiger partial charge in [0.1, 0.15) is 11.1 Å². The molecule has 2 aromatic rings. The fourth-order valence-corrected chi connectivity index (χ4v) is 6.42. The largest absolute Gasteiger partial charge is 0.477 e. The average molecular weight is 660 g/mol. The Hall–Kier alpha value is -3.92. The van der Waals surface area contributed by atoms with Crippen molar-refractivity contribution in [3.63, 3.8) is 0 Å². The van der Waals surface area contributed by atoms with E-state index in [0.29, 0.717) is 37.1 Å². The van der Waals surface area contributed by atoms with Crippen LogP contribution in [0.15, 0.2) is 30.5 Å². The zero-order valence-electron chi connectivity index (χ0n) is 27.2. The third-order valence-corrected chi connectivity index (χ3v) is 8.65. The molecule has 46 heavy (non-hydrogen) atoms. The number of carbonyl (C=O) groups is 2. The van der Waals surface area contributed by atoms with Crippen LogP contribution in [0.4, 0.5) is 29.3 Å². The van der Waals surface area contributed by atoms with Crippen LogP contribution in [-0.2, 0) is 22.1 Å². The number of nitriles is 1. The summed E-state index contributed by atoms with van der Waals surface area (Å²) < 4.78 is 52.7. The van der Waals surface area contributed by atoms with Gasteiger partial charge in [0.05, 0.1) is 41.4 Å². The lowest BCUT2D eigenvalue weighted by atomic mass is 9.89. The molecule has 0 spiro atoms. The molecule has 9 nitrogen and oxygen atoms in total. The fourth-order valence-electron chi connectivity index (χ4n) is 5.90. The standard InChI is InChI=1S/C33H40F3N5O4S/c1-8-22-16-25(19-38-27(22)44-14-12-21-11-13-39(20(2)15-21)30(43)45-31(3,4)5)41-29(46)40(28(42)32(41,6)7)24-10-9-23(18-37)26(17-24)33(34,35)36/h9-10,16-17,19-21H,8,11-15H2,1-7H3. The maximum atomic E-state index is 13.7. The second-order valence-corrected chi connectivity index (χ2v) is 13.6. The summed E-state index contributed by atoms with van der Waals surface area (Å²) in [6.07, 6.45) is -0.491. The number of piperidine rings is 1. The zero-order chi connectivity index (χ0) is 34.2. The number of alkyl halides is 3. The number of carbonyl (C=O) groups excluding carboxylic acids is 2. The van der Waals surface area contributed by atoms with Gasteiger partial charge in [0.15, 0.2) is 5.11 Å². The van der Waals surface area contributed by atoms with Gasteiger partial charge in [-0.05, 0) is 110 Å². The molecule has 2 aliphatic rings. The van der Waals surface area contributed by atoms with Gasteiger partial charge in [0.2, 0.25) is 5.88 Å². The number of rotatable bonds is 7. The van der Waals surface area contributed by atoms with Crippen LogP contribution in [0, 0.1) is 17.2 Å². The number of aryl methyl sites for hydroxylation is 1. The highest BCUT2D eigenvalue weighted by molar-refractivity contribution is 7.81. The minimum Gasteiger partial charge on any atom is -0.477 e. The van der Waals surface area contributed by atoms with Crippen LogP contribution in [0.5, 0.6) is 5.88 Å². The highest BCUT2D eigenvalue weighted by Gasteiger charge is 2.51. The van der Waals surface area contributed by atoms with E-state index < -0.39 is 34.4 Å². The van der Waals surface area contributed by atoms with E-state index in [-0.39, 0.29) is 22.9 Å². The van der Waals surface area contributed by atoms with Gasteiger partial charge in [-0.2, -0.15) is 18.4 Å². The first-order chi connectivity index (χ1) is 21.4. The second-order valence-electron chi connectivity index (χ2n) is 13.2. The number of likely N-dealkylation sites (tertiary alicyclic amines) is 1. The molecule has 2 aliphatic heterocycles. The van der Waals surface area contributed by atoms with Crippen LogP contribution in [0.3, 0.4) is 0 Å². The molecule has 0 N–H and O–H groups in total. The Morgan fingerprint density at radius 1 is 1.20 bits per heavy atom. The lowest BCUT2D eigenvalue weighted by molar-refractivity contribution is -0.137.